The Morgan fingerprint density at radius 1 is 1.38 bits per heavy atom. The molecule has 0 atom stereocenters. The summed E-state index contributed by atoms with van der Waals surface area (Å²) >= 11 is 0. The van der Waals surface area contributed by atoms with Crippen molar-refractivity contribution in [2.75, 3.05) is 6.61 Å². The second-order valence-electron chi connectivity index (χ2n) is 3.16. The Bertz CT molecular complexity index is 399. The van der Waals surface area contributed by atoms with Crippen LogP contribution in [-0.4, -0.2) is 19.1 Å². The van der Waals surface area contributed by atoms with Crippen LogP contribution in [0.4, 0.5) is 17.6 Å². The molecule has 0 aromatic heterocycles. The van der Waals surface area contributed by atoms with Crippen LogP contribution in [0.5, 0.6) is 5.75 Å². The van der Waals surface area contributed by atoms with Crippen LogP contribution in [0.1, 0.15) is 15.9 Å². The van der Waals surface area contributed by atoms with Gasteiger partial charge in [0.2, 0.25) is 0 Å². The van der Waals surface area contributed by atoms with Gasteiger partial charge in [-0.05, 0) is 24.6 Å². The molecule has 0 saturated heterocycles. The van der Waals surface area contributed by atoms with Gasteiger partial charge in [0.1, 0.15) is 11.6 Å². The molecule has 1 aromatic carbocycles. The summed E-state index contributed by atoms with van der Waals surface area (Å²) in [6.45, 7) is -0.151. The molecular weight excluding hydrogens is 228 g/mol. The number of carbonyl (C=O) groups excluding carboxylic acids is 1. The Kier molecular flexibility index (Phi) is 3.51. The van der Waals surface area contributed by atoms with Gasteiger partial charge in [0.25, 0.3) is 0 Å². The predicted octanol–water partition coefficient (Wildman–Crippen LogP) is 2.89. The molecule has 1 rings (SSSR count). The zero-order valence-corrected chi connectivity index (χ0v) is 8.27. The van der Waals surface area contributed by atoms with Crippen LogP contribution in [0.15, 0.2) is 12.1 Å². The summed E-state index contributed by atoms with van der Waals surface area (Å²) in [4.78, 5) is 10.5. The number of carbonyl (C=O) groups is 1. The van der Waals surface area contributed by atoms with E-state index in [0.717, 1.165) is 12.1 Å². The second-order valence-corrected chi connectivity index (χ2v) is 3.16. The third-order valence-corrected chi connectivity index (χ3v) is 1.78. The third kappa shape index (κ3) is 3.22. The van der Waals surface area contributed by atoms with Crippen molar-refractivity contribution >= 4 is 6.29 Å². The molecule has 2 nitrogen and oxygen atoms in total. The standard InChI is InChI=1S/C10H8F4O2/c1-6-2-8(11)3-7(4-15)9(6)16-5-10(12,13)14/h2-4H,5H2,1H3. The topological polar surface area (TPSA) is 26.3 Å². The molecule has 0 amide bonds. The molecule has 0 aliphatic rings. The van der Waals surface area contributed by atoms with E-state index in [2.05, 4.69) is 4.74 Å². The van der Waals surface area contributed by atoms with Gasteiger partial charge in [-0.2, -0.15) is 13.2 Å². The molecule has 0 heterocycles. The van der Waals surface area contributed by atoms with E-state index in [9.17, 15) is 22.4 Å². The third-order valence-electron chi connectivity index (χ3n) is 1.78. The van der Waals surface area contributed by atoms with E-state index in [1.165, 1.54) is 6.92 Å². The minimum Gasteiger partial charge on any atom is -0.483 e. The first-order valence-electron chi connectivity index (χ1n) is 4.28. The van der Waals surface area contributed by atoms with Crippen LogP contribution in [0.25, 0.3) is 0 Å². The van der Waals surface area contributed by atoms with E-state index in [0.29, 0.717) is 0 Å². The van der Waals surface area contributed by atoms with Crippen LogP contribution < -0.4 is 4.74 Å². The van der Waals surface area contributed by atoms with Crippen molar-refractivity contribution in [3.8, 4) is 5.75 Å². The van der Waals surface area contributed by atoms with Crippen molar-refractivity contribution in [2.45, 2.75) is 13.1 Å². The van der Waals surface area contributed by atoms with Gasteiger partial charge < -0.3 is 4.74 Å². The second kappa shape index (κ2) is 4.51. The van der Waals surface area contributed by atoms with Crippen molar-refractivity contribution in [1.29, 1.82) is 0 Å². The normalized spacial score (nSPS) is 11.3. The lowest BCUT2D eigenvalue weighted by molar-refractivity contribution is -0.153. The Morgan fingerprint density at radius 3 is 2.50 bits per heavy atom. The highest BCUT2D eigenvalue weighted by Crippen LogP contribution is 2.26. The number of hydrogen-bond acceptors (Lipinski definition) is 2. The van der Waals surface area contributed by atoms with E-state index >= 15 is 0 Å². The number of benzene rings is 1. The molecule has 0 radical (unpaired) electrons. The van der Waals surface area contributed by atoms with Crippen LogP contribution in [0.3, 0.4) is 0 Å². The molecular formula is C10H8F4O2. The lowest BCUT2D eigenvalue weighted by Crippen LogP contribution is -2.20. The predicted molar refractivity (Wildman–Crippen MR) is 48.1 cm³/mol. The summed E-state index contributed by atoms with van der Waals surface area (Å²) in [5.74, 6) is -0.937. The van der Waals surface area contributed by atoms with Gasteiger partial charge in [-0.15, -0.1) is 0 Å². The smallest absolute Gasteiger partial charge is 0.422 e. The summed E-state index contributed by atoms with van der Waals surface area (Å²) in [6.07, 6.45) is -4.25. The van der Waals surface area contributed by atoms with Crippen molar-refractivity contribution in [1.82, 2.24) is 0 Å². The number of alkyl halides is 3. The molecule has 0 aliphatic carbocycles. The molecule has 0 spiro atoms. The van der Waals surface area contributed by atoms with E-state index < -0.39 is 18.6 Å². The fourth-order valence-electron chi connectivity index (χ4n) is 1.19. The van der Waals surface area contributed by atoms with Crippen LogP contribution in [0, 0.1) is 12.7 Å². The largest absolute Gasteiger partial charge is 0.483 e. The SMILES string of the molecule is Cc1cc(F)cc(C=O)c1OCC(F)(F)F. The maximum Gasteiger partial charge on any atom is 0.422 e. The average molecular weight is 236 g/mol. The first-order valence-corrected chi connectivity index (χ1v) is 4.28. The monoisotopic (exact) mass is 236 g/mol. The molecule has 16 heavy (non-hydrogen) atoms. The fourth-order valence-corrected chi connectivity index (χ4v) is 1.19. The maximum atomic E-state index is 12.8. The van der Waals surface area contributed by atoms with Gasteiger partial charge in [0.15, 0.2) is 12.9 Å². The van der Waals surface area contributed by atoms with Crippen LogP contribution >= 0.6 is 0 Å². The minimum absolute atomic E-state index is 0.145. The molecule has 88 valence electrons. The first kappa shape index (κ1) is 12.5. The molecule has 0 aliphatic heterocycles. The number of hydrogen-bond donors (Lipinski definition) is 0. The van der Waals surface area contributed by atoms with Gasteiger partial charge in [-0.3, -0.25) is 4.79 Å². The van der Waals surface area contributed by atoms with E-state index in [-0.39, 0.29) is 23.2 Å². The Labute approximate surface area is 88.8 Å². The summed E-state index contributed by atoms with van der Waals surface area (Å²) in [5, 5.41) is 0. The quantitative estimate of drug-likeness (QED) is 0.595. The molecule has 0 bridgehead atoms. The minimum atomic E-state index is -4.50. The first-order chi connectivity index (χ1) is 7.33. The van der Waals surface area contributed by atoms with Gasteiger partial charge in [0.05, 0.1) is 5.56 Å². The summed E-state index contributed by atoms with van der Waals surface area (Å²) in [5.41, 5.74) is -0.0897. The lowest BCUT2D eigenvalue weighted by Gasteiger charge is -2.13. The van der Waals surface area contributed by atoms with Gasteiger partial charge >= 0.3 is 6.18 Å². The van der Waals surface area contributed by atoms with Gasteiger partial charge in [-0.1, -0.05) is 0 Å². The Balaban J connectivity index is 2.99. The van der Waals surface area contributed by atoms with Crippen LogP contribution in [0.2, 0.25) is 0 Å². The number of aldehydes is 1. The summed E-state index contributed by atoms with van der Waals surface area (Å²) in [6, 6.07) is 1.82. The van der Waals surface area contributed by atoms with Crippen molar-refractivity contribution in [3.63, 3.8) is 0 Å². The maximum absolute atomic E-state index is 12.8. The zero-order valence-electron chi connectivity index (χ0n) is 8.27. The molecule has 0 unspecified atom stereocenters. The number of aryl methyl sites for hydroxylation is 1. The summed E-state index contributed by atoms with van der Waals surface area (Å²) in [7, 11) is 0. The van der Waals surface area contributed by atoms with Crippen molar-refractivity contribution in [3.05, 3.63) is 29.1 Å². The molecule has 0 fully saturated rings. The molecule has 0 N–H and O–H groups in total. The highest BCUT2D eigenvalue weighted by Gasteiger charge is 2.29. The average Bonchev–Trinajstić information content (AvgIpc) is 2.13. The molecule has 0 saturated carbocycles. The number of halogens is 4. The van der Waals surface area contributed by atoms with Gasteiger partial charge in [0, 0.05) is 0 Å². The van der Waals surface area contributed by atoms with Crippen molar-refractivity contribution in [2.24, 2.45) is 0 Å². The Hall–Kier alpha value is -1.59. The highest BCUT2D eigenvalue weighted by atomic mass is 19.4. The highest BCUT2D eigenvalue weighted by molar-refractivity contribution is 5.80. The molecule has 6 heteroatoms. The fraction of sp³-hybridized carbons (Fsp3) is 0.300. The summed E-state index contributed by atoms with van der Waals surface area (Å²) < 4.78 is 53.0. The number of ether oxygens (including phenoxy) is 1. The zero-order chi connectivity index (χ0) is 12.3. The van der Waals surface area contributed by atoms with E-state index in [4.69, 9.17) is 0 Å². The molecule has 1 aromatic rings. The lowest BCUT2D eigenvalue weighted by atomic mass is 10.1. The van der Waals surface area contributed by atoms with E-state index in [1.54, 1.807) is 0 Å². The van der Waals surface area contributed by atoms with Gasteiger partial charge in [-0.25, -0.2) is 4.39 Å². The van der Waals surface area contributed by atoms with Crippen LogP contribution in [-0.2, 0) is 0 Å². The van der Waals surface area contributed by atoms with E-state index in [1.807, 2.05) is 0 Å². The number of rotatable bonds is 3. The Morgan fingerprint density at radius 2 is 2.00 bits per heavy atom. The van der Waals surface area contributed by atoms with Crippen molar-refractivity contribution < 1.29 is 27.1 Å².